The molecule has 1 aromatic heterocycles. The summed E-state index contributed by atoms with van der Waals surface area (Å²) in [6.45, 7) is 0.530. The number of amides is 1. The van der Waals surface area contributed by atoms with E-state index in [-0.39, 0.29) is 11.9 Å². The molecule has 29 heavy (non-hydrogen) atoms. The van der Waals surface area contributed by atoms with E-state index in [0.717, 1.165) is 29.7 Å². The molecule has 152 valence electrons. The van der Waals surface area contributed by atoms with Gasteiger partial charge in [-0.1, -0.05) is 12.1 Å². The number of hydrogen-bond donors (Lipinski definition) is 2. The van der Waals surface area contributed by atoms with Crippen molar-refractivity contribution in [2.75, 3.05) is 27.7 Å². The van der Waals surface area contributed by atoms with E-state index in [1.54, 1.807) is 7.11 Å². The SMILES string of the molecule is COc1cccc(C(CNC(=O)c2ccc3[nH]c4c(c3c2)CCCC4)N(C)C)c1. The molecule has 1 aliphatic carbocycles. The minimum atomic E-state index is -0.0348. The third kappa shape index (κ3) is 4.01. The van der Waals surface area contributed by atoms with Gasteiger partial charge in [0.15, 0.2) is 0 Å². The molecule has 1 aliphatic rings. The molecule has 3 aromatic rings. The second-order valence-electron chi connectivity index (χ2n) is 8.02. The zero-order valence-electron chi connectivity index (χ0n) is 17.4. The van der Waals surface area contributed by atoms with Crippen LogP contribution in [0.25, 0.3) is 10.9 Å². The number of nitrogens with zero attached hydrogens (tertiary/aromatic N) is 1. The highest BCUT2D eigenvalue weighted by molar-refractivity contribution is 5.99. The van der Waals surface area contributed by atoms with Crippen molar-refractivity contribution >= 4 is 16.8 Å². The number of fused-ring (bicyclic) bond motifs is 3. The van der Waals surface area contributed by atoms with Crippen LogP contribution in [-0.4, -0.2) is 43.5 Å². The van der Waals surface area contributed by atoms with Crippen molar-refractivity contribution in [1.29, 1.82) is 0 Å². The number of rotatable bonds is 6. The van der Waals surface area contributed by atoms with Gasteiger partial charge in [-0.25, -0.2) is 0 Å². The van der Waals surface area contributed by atoms with Gasteiger partial charge in [0.25, 0.3) is 5.91 Å². The van der Waals surface area contributed by atoms with E-state index in [2.05, 4.69) is 21.3 Å². The molecule has 1 unspecified atom stereocenters. The van der Waals surface area contributed by atoms with Gasteiger partial charge in [-0.15, -0.1) is 0 Å². The largest absolute Gasteiger partial charge is 0.497 e. The summed E-state index contributed by atoms with van der Waals surface area (Å²) >= 11 is 0. The molecule has 2 aromatic carbocycles. The number of aromatic nitrogens is 1. The van der Waals surface area contributed by atoms with Gasteiger partial charge < -0.3 is 19.9 Å². The highest BCUT2D eigenvalue weighted by Crippen LogP contribution is 2.30. The molecule has 2 N–H and O–H groups in total. The number of aromatic amines is 1. The van der Waals surface area contributed by atoms with Gasteiger partial charge in [-0.2, -0.15) is 0 Å². The van der Waals surface area contributed by atoms with Crippen LogP contribution in [0.3, 0.4) is 0 Å². The summed E-state index contributed by atoms with van der Waals surface area (Å²) in [6, 6.07) is 14.1. The monoisotopic (exact) mass is 391 g/mol. The number of methoxy groups -OCH3 is 1. The van der Waals surface area contributed by atoms with Crippen LogP contribution in [-0.2, 0) is 12.8 Å². The van der Waals surface area contributed by atoms with Crippen LogP contribution in [0, 0.1) is 0 Å². The molecule has 4 rings (SSSR count). The lowest BCUT2D eigenvalue weighted by atomic mass is 9.95. The topological polar surface area (TPSA) is 57.4 Å². The second kappa shape index (κ2) is 8.29. The molecular weight excluding hydrogens is 362 g/mol. The summed E-state index contributed by atoms with van der Waals surface area (Å²) in [5.41, 5.74) is 5.70. The van der Waals surface area contributed by atoms with Crippen molar-refractivity contribution in [2.45, 2.75) is 31.7 Å². The van der Waals surface area contributed by atoms with Gasteiger partial charge in [0.1, 0.15) is 5.75 Å². The Morgan fingerprint density at radius 2 is 2.00 bits per heavy atom. The number of carbonyl (C=O) groups excluding carboxylic acids is 1. The normalized spacial score (nSPS) is 14.6. The molecule has 0 fully saturated rings. The Bertz CT molecular complexity index is 1020. The third-order valence-corrected chi connectivity index (χ3v) is 5.92. The summed E-state index contributed by atoms with van der Waals surface area (Å²) in [4.78, 5) is 18.5. The van der Waals surface area contributed by atoms with Crippen molar-refractivity contribution in [3.8, 4) is 5.75 Å². The first-order valence-electron chi connectivity index (χ1n) is 10.3. The number of benzene rings is 2. The molecule has 0 aliphatic heterocycles. The van der Waals surface area contributed by atoms with Crippen molar-refractivity contribution < 1.29 is 9.53 Å². The predicted octanol–water partition coefficient (Wildman–Crippen LogP) is 4.09. The molecule has 5 heteroatoms. The molecule has 1 amide bonds. The Morgan fingerprint density at radius 3 is 2.79 bits per heavy atom. The van der Waals surface area contributed by atoms with E-state index < -0.39 is 0 Å². The van der Waals surface area contributed by atoms with E-state index in [1.807, 2.05) is 50.5 Å². The van der Waals surface area contributed by atoms with E-state index >= 15 is 0 Å². The summed E-state index contributed by atoms with van der Waals surface area (Å²) in [5.74, 6) is 0.788. The fourth-order valence-electron chi connectivity index (χ4n) is 4.29. The highest BCUT2D eigenvalue weighted by atomic mass is 16.5. The lowest BCUT2D eigenvalue weighted by Crippen LogP contribution is -2.34. The highest BCUT2D eigenvalue weighted by Gasteiger charge is 2.19. The first-order chi connectivity index (χ1) is 14.1. The summed E-state index contributed by atoms with van der Waals surface area (Å²) in [6.07, 6.45) is 4.67. The Morgan fingerprint density at radius 1 is 1.17 bits per heavy atom. The van der Waals surface area contributed by atoms with Crippen molar-refractivity contribution in [2.24, 2.45) is 0 Å². The van der Waals surface area contributed by atoms with Crippen LogP contribution < -0.4 is 10.1 Å². The number of ether oxygens (including phenoxy) is 1. The lowest BCUT2D eigenvalue weighted by molar-refractivity contribution is 0.0942. The molecule has 0 radical (unpaired) electrons. The average molecular weight is 392 g/mol. The maximum Gasteiger partial charge on any atom is 0.251 e. The van der Waals surface area contributed by atoms with Crippen molar-refractivity contribution in [1.82, 2.24) is 15.2 Å². The van der Waals surface area contributed by atoms with E-state index in [1.165, 1.54) is 29.5 Å². The quantitative estimate of drug-likeness (QED) is 0.665. The van der Waals surface area contributed by atoms with E-state index in [4.69, 9.17) is 4.74 Å². The molecule has 1 heterocycles. The van der Waals surface area contributed by atoms with Crippen molar-refractivity contribution in [3.63, 3.8) is 0 Å². The molecule has 0 saturated carbocycles. The van der Waals surface area contributed by atoms with Gasteiger partial charge >= 0.3 is 0 Å². The molecule has 0 bridgehead atoms. The fourth-order valence-corrected chi connectivity index (χ4v) is 4.29. The summed E-state index contributed by atoms with van der Waals surface area (Å²) < 4.78 is 5.35. The molecule has 1 atom stereocenters. The second-order valence-corrected chi connectivity index (χ2v) is 8.02. The van der Waals surface area contributed by atoms with Crippen LogP contribution in [0.2, 0.25) is 0 Å². The lowest BCUT2D eigenvalue weighted by Gasteiger charge is -2.25. The Labute approximate surface area is 172 Å². The minimum absolute atomic E-state index is 0.0348. The number of H-pyrrole nitrogens is 1. The first-order valence-corrected chi connectivity index (χ1v) is 10.3. The number of nitrogens with one attached hydrogen (secondary N) is 2. The first kappa shape index (κ1) is 19.5. The molecule has 0 saturated heterocycles. The Kier molecular flexibility index (Phi) is 5.58. The van der Waals surface area contributed by atoms with Crippen molar-refractivity contribution in [3.05, 3.63) is 64.8 Å². The smallest absolute Gasteiger partial charge is 0.251 e. The zero-order valence-corrected chi connectivity index (χ0v) is 17.4. The third-order valence-electron chi connectivity index (χ3n) is 5.92. The van der Waals surface area contributed by atoms with Gasteiger partial charge in [-0.3, -0.25) is 4.79 Å². The fraction of sp³-hybridized carbons (Fsp3) is 0.375. The van der Waals surface area contributed by atoms with Crippen LogP contribution in [0.15, 0.2) is 42.5 Å². The van der Waals surface area contributed by atoms with Gasteiger partial charge in [0.2, 0.25) is 0 Å². The standard InChI is InChI=1S/C24H29N3O2/c1-27(2)23(16-7-6-8-18(13-16)29-3)15-25-24(28)17-11-12-22-20(14-17)19-9-4-5-10-21(19)26-22/h6-8,11-14,23,26H,4-5,9-10,15H2,1-3H3,(H,25,28). The molecule has 5 nitrogen and oxygen atoms in total. The maximum absolute atomic E-state index is 12.9. The Balaban J connectivity index is 1.52. The summed E-state index contributed by atoms with van der Waals surface area (Å²) in [5, 5.41) is 4.32. The zero-order chi connectivity index (χ0) is 20.4. The van der Waals surface area contributed by atoms with Gasteiger partial charge in [-0.05, 0) is 81.2 Å². The number of likely N-dealkylation sites (N-methyl/N-ethyl adjacent to an activating group) is 1. The van der Waals surface area contributed by atoms with Crippen LogP contribution in [0.1, 0.15) is 46.1 Å². The maximum atomic E-state index is 12.9. The molecule has 0 spiro atoms. The number of aryl methyl sites for hydroxylation is 2. The average Bonchev–Trinajstić information content (AvgIpc) is 3.11. The van der Waals surface area contributed by atoms with E-state index in [9.17, 15) is 4.79 Å². The number of hydrogen-bond acceptors (Lipinski definition) is 3. The van der Waals surface area contributed by atoms with Crippen LogP contribution in [0.4, 0.5) is 0 Å². The molecular formula is C24H29N3O2. The van der Waals surface area contributed by atoms with Gasteiger partial charge in [0.05, 0.1) is 13.2 Å². The predicted molar refractivity (Wildman–Crippen MR) is 117 cm³/mol. The van der Waals surface area contributed by atoms with Crippen LogP contribution in [0.5, 0.6) is 5.75 Å². The van der Waals surface area contributed by atoms with Gasteiger partial charge in [0, 0.05) is 28.7 Å². The Hall–Kier alpha value is -2.79. The summed E-state index contributed by atoms with van der Waals surface area (Å²) in [7, 11) is 5.71. The van der Waals surface area contributed by atoms with E-state index in [0.29, 0.717) is 12.1 Å². The number of carbonyl (C=O) groups is 1. The minimum Gasteiger partial charge on any atom is -0.497 e. The van der Waals surface area contributed by atoms with Crippen LogP contribution >= 0.6 is 0 Å².